The molecule has 0 radical (unpaired) electrons. The highest BCUT2D eigenvalue weighted by molar-refractivity contribution is 5.56. The summed E-state index contributed by atoms with van der Waals surface area (Å²) in [6.45, 7) is 3.92. The van der Waals surface area contributed by atoms with Crippen LogP contribution in [0.5, 0.6) is 5.75 Å². The van der Waals surface area contributed by atoms with Crippen molar-refractivity contribution >= 4 is 5.69 Å². The highest BCUT2D eigenvalue weighted by atomic mass is 19.4. The lowest BCUT2D eigenvalue weighted by Crippen LogP contribution is -2.37. The summed E-state index contributed by atoms with van der Waals surface area (Å²) in [6, 6.07) is 6.17. The number of ether oxygens (including phenoxy) is 2. The zero-order chi connectivity index (χ0) is 14.8. The van der Waals surface area contributed by atoms with E-state index >= 15 is 0 Å². The monoisotopic (exact) mass is 289 g/mol. The maximum absolute atomic E-state index is 12.4. The van der Waals surface area contributed by atoms with Crippen LogP contribution in [0.2, 0.25) is 0 Å². The second-order valence-electron chi connectivity index (χ2n) is 5.11. The van der Waals surface area contributed by atoms with Crippen molar-refractivity contribution in [1.82, 2.24) is 0 Å². The average Bonchev–Trinajstić information content (AvgIpc) is 2.28. The summed E-state index contributed by atoms with van der Waals surface area (Å²) in [7, 11) is 0. The van der Waals surface area contributed by atoms with E-state index in [0.717, 1.165) is 12.8 Å². The molecule has 20 heavy (non-hydrogen) atoms. The molecule has 2 atom stereocenters. The lowest BCUT2D eigenvalue weighted by atomic mass is 9.99. The largest absolute Gasteiger partial charge is 0.573 e. The minimum Gasteiger partial charge on any atom is -0.404 e. The summed E-state index contributed by atoms with van der Waals surface area (Å²) in [5, 5.41) is 3.13. The van der Waals surface area contributed by atoms with Crippen LogP contribution in [0, 0.1) is 0 Å². The first-order valence-corrected chi connectivity index (χ1v) is 6.60. The van der Waals surface area contributed by atoms with Crippen molar-refractivity contribution in [1.29, 1.82) is 0 Å². The standard InChI is InChI=1S/C14H18F3NO2/c1-9-7-11(8-10(2)19-9)18-12-5-3-4-6-13(12)20-14(15,16)17/h3-6,9-11,18H,7-8H2,1-2H3. The molecule has 0 amide bonds. The van der Waals surface area contributed by atoms with E-state index in [2.05, 4.69) is 10.1 Å². The van der Waals surface area contributed by atoms with Crippen LogP contribution in [0.1, 0.15) is 26.7 Å². The molecule has 1 aromatic rings. The molecular weight excluding hydrogens is 271 g/mol. The number of halogens is 3. The van der Waals surface area contributed by atoms with Gasteiger partial charge in [-0.3, -0.25) is 0 Å². The summed E-state index contributed by atoms with van der Waals surface area (Å²) in [5.41, 5.74) is 0.358. The van der Waals surface area contributed by atoms with Gasteiger partial charge in [-0.25, -0.2) is 0 Å². The molecule has 3 nitrogen and oxygen atoms in total. The number of alkyl halides is 3. The Labute approximate surface area is 116 Å². The van der Waals surface area contributed by atoms with Crippen LogP contribution in [0.3, 0.4) is 0 Å². The van der Waals surface area contributed by atoms with E-state index in [0.29, 0.717) is 5.69 Å². The van der Waals surface area contributed by atoms with Crippen molar-refractivity contribution in [3.63, 3.8) is 0 Å². The molecule has 0 bridgehead atoms. The molecule has 0 aliphatic carbocycles. The van der Waals surface area contributed by atoms with Gasteiger partial charge in [0.05, 0.1) is 17.9 Å². The van der Waals surface area contributed by atoms with Crippen LogP contribution >= 0.6 is 0 Å². The van der Waals surface area contributed by atoms with Crippen molar-refractivity contribution in [2.45, 2.75) is 51.3 Å². The minimum absolute atomic E-state index is 0.0757. The smallest absolute Gasteiger partial charge is 0.404 e. The number of rotatable bonds is 3. The third-order valence-corrected chi connectivity index (χ3v) is 3.17. The van der Waals surface area contributed by atoms with Gasteiger partial charge in [0.25, 0.3) is 0 Å². The van der Waals surface area contributed by atoms with Crippen LogP contribution < -0.4 is 10.1 Å². The van der Waals surface area contributed by atoms with Crippen LogP contribution in [0.25, 0.3) is 0 Å². The number of nitrogens with one attached hydrogen (secondary N) is 1. The summed E-state index contributed by atoms with van der Waals surface area (Å²) in [4.78, 5) is 0. The number of para-hydroxylation sites is 2. The number of hydrogen-bond acceptors (Lipinski definition) is 3. The molecule has 0 spiro atoms. The Hall–Kier alpha value is -1.43. The van der Waals surface area contributed by atoms with E-state index in [1.807, 2.05) is 13.8 Å². The van der Waals surface area contributed by atoms with Crippen molar-refractivity contribution in [3.8, 4) is 5.75 Å². The molecule has 1 heterocycles. The van der Waals surface area contributed by atoms with Crippen LogP contribution in [-0.2, 0) is 4.74 Å². The quantitative estimate of drug-likeness (QED) is 0.914. The van der Waals surface area contributed by atoms with Crippen molar-refractivity contribution in [2.75, 3.05) is 5.32 Å². The van der Waals surface area contributed by atoms with Gasteiger partial charge in [0, 0.05) is 6.04 Å². The van der Waals surface area contributed by atoms with E-state index in [1.165, 1.54) is 12.1 Å². The number of anilines is 1. The Morgan fingerprint density at radius 2 is 1.75 bits per heavy atom. The SMILES string of the molecule is CC1CC(Nc2ccccc2OC(F)(F)F)CC(C)O1. The van der Waals surface area contributed by atoms with Crippen molar-refractivity contribution < 1.29 is 22.6 Å². The highest BCUT2D eigenvalue weighted by Gasteiger charge is 2.32. The molecule has 1 fully saturated rings. The van der Waals surface area contributed by atoms with Gasteiger partial charge in [-0.05, 0) is 38.8 Å². The van der Waals surface area contributed by atoms with Gasteiger partial charge in [-0.1, -0.05) is 12.1 Å². The first-order chi connectivity index (χ1) is 9.33. The Balaban J connectivity index is 2.09. The van der Waals surface area contributed by atoms with Crippen molar-refractivity contribution in [2.24, 2.45) is 0 Å². The molecule has 112 valence electrons. The first kappa shape index (κ1) is 15.0. The molecule has 2 rings (SSSR count). The van der Waals surface area contributed by atoms with Crippen LogP contribution in [0.4, 0.5) is 18.9 Å². The normalized spacial score (nSPS) is 27.1. The predicted molar refractivity (Wildman–Crippen MR) is 69.8 cm³/mol. The highest BCUT2D eigenvalue weighted by Crippen LogP contribution is 2.32. The zero-order valence-electron chi connectivity index (χ0n) is 11.4. The summed E-state index contributed by atoms with van der Waals surface area (Å²) < 4.78 is 46.7. The van der Waals surface area contributed by atoms with Gasteiger partial charge in [-0.2, -0.15) is 0 Å². The molecule has 1 N–H and O–H groups in total. The van der Waals surface area contributed by atoms with Gasteiger partial charge in [0.2, 0.25) is 0 Å². The number of benzene rings is 1. The van der Waals surface area contributed by atoms with Gasteiger partial charge in [-0.15, -0.1) is 13.2 Å². The molecular formula is C14H18F3NO2. The molecule has 2 unspecified atom stereocenters. The van der Waals surface area contributed by atoms with Gasteiger partial charge in [0.15, 0.2) is 5.75 Å². The molecule has 0 aromatic heterocycles. The Morgan fingerprint density at radius 1 is 1.15 bits per heavy atom. The average molecular weight is 289 g/mol. The predicted octanol–water partition coefficient (Wildman–Crippen LogP) is 3.95. The molecule has 1 saturated heterocycles. The van der Waals surface area contributed by atoms with Crippen LogP contribution in [0.15, 0.2) is 24.3 Å². The van der Waals surface area contributed by atoms with Gasteiger partial charge < -0.3 is 14.8 Å². The van der Waals surface area contributed by atoms with E-state index in [4.69, 9.17) is 4.74 Å². The lowest BCUT2D eigenvalue weighted by Gasteiger charge is -2.33. The Bertz CT molecular complexity index is 440. The van der Waals surface area contributed by atoms with Gasteiger partial charge in [0.1, 0.15) is 0 Å². The summed E-state index contributed by atoms with van der Waals surface area (Å²) in [6.07, 6.45) is -3.00. The van der Waals surface area contributed by atoms with Crippen molar-refractivity contribution in [3.05, 3.63) is 24.3 Å². The lowest BCUT2D eigenvalue weighted by molar-refractivity contribution is -0.274. The second-order valence-corrected chi connectivity index (χ2v) is 5.11. The first-order valence-electron chi connectivity index (χ1n) is 6.60. The molecule has 0 saturated carbocycles. The van der Waals surface area contributed by atoms with E-state index < -0.39 is 6.36 Å². The van der Waals surface area contributed by atoms with E-state index in [1.54, 1.807) is 12.1 Å². The van der Waals surface area contributed by atoms with E-state index in [-0.39, 0.29) is 24.0 Å². The third kappa shape index (κ3) is 4.30. The maximum Gasteiger partial charge on any atom is 0.573 e. The molecule has 6 heteroatoms. The van der Waals surface area contributed by atoms with Crippen LogP contribution in [-0.4, -0.2) is 24.6 Å². The molecule has 1 aromatic carbocycles. The molecule has 1 aliphatic heterocycles. The fourth-order valence-corrected chi connectivity index (χ4v) is 2.54. The second kappa shape index (κ2) is 5.91. The Morgan fingerprint density at radius 3 is 2.35 bits per heavy atom. The van der Waals surface area contributed by atoms with Gasteiger partial charge >= 0.3 is 6.36 Å². The van der Waals surface area contributed by atoms with E-state index in [9.17, 15) is 13.2 Å². The number of hydrogen-bond donors (Lipinski definition) is 1. The summed E-state index contributed by atoms with van der Waals surface area (Å²) >= 11 is 0. The topological polar surface area (TPSA) is 30.5 Å². The molecule has 1 aliphatic rings. The maximum atomic E-state index is 12.4. The zero-order valence-corrected chi connectivity index (χ0v) is 11.4. The summed E-state index contributed by atoms with van der Waals surface area (Å²) in [5.74, 6) is -0.202. The Kier molecular flexibility index (Phi) is 4.42. The fraction of sp³-hybridized carbons (Fsp3) is 0.571. The fourth-order valence-electron chi connectivity index (χ4n) is 2.54. The minimum atomic E-state index is -4.69. The third-order valence-electron chi connectivity index (χ3n) is 3.17.